The van der Waals surface area contributed by atoms with E-state index in [0.29, 0.717) is 10.7 Å². The van der Waals surface area contributed by atoms with Crippen LogP contribution >= 0.6 is 23.1 Å². The minimum absolute atomic E-state index is 0.151. The molecule has 0 aliphatic carbocycles. The first-order valence-electron chi connectivity index (χ1n) is 9.13. The molecular formula is C22H19N3O2S2. The van der Waals surface area contributed by atoms with Crippen molar-refractivity contribution in [3.63, 3.8) is 0 Å². The molecule has 0 spiro atoms. The summed E-state index contributed by atoms with van der Waals surface area (Å²) in [4.78, 5) is 17.2. The van der Waals surface area contributed by atoms with Gasteiger partial charge in [-0.2, -0.15) is 4.73 Å². The minimum atomic E-state index is -0.398. The number of amides is 1. The van der Waals surface area contributed by atoms with Crippen molar-refractivity contribution in [3.8, 4) is 10.6 Å². The highest BCUT2D eigenvalue weighted by molar-refractivity contribution is 8.00. The molecule has 0 radical (unpaired) electrons. The molecule has 0 fully saturated rings. The fourth-order valence-electron chi connectivity index (χ4n) is 2.83. The van der Waals surface area contributed by atoms with Crippen molar-refractivity contribution in [2.24, 2.45) is 0 Å². The molecule has 2 aromatic carbocycles. The summed E-state index contributed by atoms with van der Waals surface area (Å²) >= 11 is 2.89. The van der Waals surface area contributed by atoms with E-state index in [-0.39, 0.29) is 5.91 Å². The highest BCUT2D eigenvalue weighted by Crippen LogP contribution is 2.31. The van der Waals surface area contributed by atoms with E-state index in [9.17, 15) is 10.0 Å². The molecule has 146 valence electrons. The lowest BCUT2D eigenvalue weighted by Crippen LogP contribution is -2.30. The van der Waals surface area contributed by atoms with Crippen LogP contribution < -0.4 is 10.0 Å². The Morgan fingerprint density at radius 2 is 1.97 bits per heavy atom. The molecule has 5 nitrogen and oxygen atoms in total. The molecule has 2 heterocycles. The number of thiazole rings is 1. The molecule has 1 amide bonds. The quantitative estimate of drug-likeness (QED) is 0.279. The van der Waals surface area contributed by atoms with Crippen molar-refractivity contribution in [2.75, 3.05) is 5.32 Å². The van der Waals surface area contributed by atoms with Crippen LogP contribution in [0.15, 0.2) is 71.9 Å². The molecule has 0 saturated heterocycles. The number of carbonyl (C=O) groups excluding carboxylic acids is 1. The third-order valence-corrected chi connectivity index (χ3v) is 6.59. The molecule has 7 heteroatoms. The molecule has 0 saturated carbocycles. The number of benzene rings is 2. The fourth-order valence-corrected chi connectivity index (χ4v) is 4.75. The first kappa shape index (κ1) is 19.4. The summed E-state index contributed by atoms with van der Waals surface area (Å²) in [5.41, 5.74) is 3.94. The fraction of sp³-hybridized carbons (Fsp3) is 0.136. The van der Waals surface area contributed by atoms with Gasteiger partial charge in [-0.1, -0.05) is 6.07 Å². The Morgan fingerprint density at radius 1 is 1.17 bits per heavy atom. The second-order valence-electron chi connectivity index (χ2n) is 6.68. The Balaban J connectivity index is 1.44. The number of hydrogen-bond donors (Lipinski definition) is 1. The predicted molar refractivity (Wildman–Crippen MR) is 119 cm³/mol. The van der Waals surface area contributed by atoms with Gasteiger partial charge in [-0.15, -0.1) is 11.3 Å². The van der Waals surface area contributed by atoms with E-state index in [1.54, 1.807) is 36.5 Å². The number of thioether (sulfide) groups is 1. The van der Waals surface area contributed by atoms with Gasteiger partial charge in [0, 0.05) is 23.4 Å². The van der Waals surface area contributed by atoms with Crippen molar-refractivity contribution >= 4 is 44.9 Å². The number of fused-ring (bicyclic) bond motifs is 1. The number of aryl methyl sites for hydroxylation is 1. The van der Waals surface area contributed by atoms with E-state index >= 15 is 0 Å². The first-order chi connectivity index (χ1) is 14.0. The van der Waals surface area contributed by atoms with Gasteiger partial charge in [0.25, 0.3) is 5.03 Å². The maximum atomic E-state index is 12.5. The van der Waals surface area contributed by atoms with Gasteiger partial charge in [-0.3, -0.25) is 4.79 Å². The van der Waals surface area contributed by atoms with E-state index < -0.39 is 5.25 Å². The smallest absolute Gasteiger partial charge is 0.252 e. The van der Waals surface area contributed by atoms with E-state index in [1.807, 2.05) is 30.3 Å². The van der Waals surface area contributed by atoms with Gasteiger partial charge in [0.05, 0.1) is 15.5 Å². The highest BCUT2D eigenvalue weighted by atomic mass is 32.2. The minimum Gasteiger partial charge on any atom is -0.618 e. The molecule has 0 aliphatic rings. The molecule has 2 aromatic heterocycles. The van der Waals surface area contributed by atoms with E-state index in [1.165, 1.54) is 28.2 Å². The summed E-state index contributed by atoms with van der Waals surface area (Å²) in [5, 5.41) is 15.7. The monoisotopic (exact) mass is 421 g/mol. The number of pyridine rings is 1. The van der Waals surface area contributed by atoms with Crippen LogP contribution in [0.4, 0.5) is 5.69 Å². The number of nitrogens with zero attached hydrogens (tertiary/aromatic N) is 2. The highest BCUT2D eigenvalue weighted by Gasteiger charge is 2.19. The summed E-state index contributed by atoms with van der Waals surface area (Å²) in [6.45, 7) is 3.86. The Kier molecular flexibility index (Phi) is 5.51. The molecule has 0 aliphatic heterocycles. The molecule has 4 rings (SSSR count). The summed E-state index contributed by atoms with van der Waals surface area (Å²) in [7, 11) is 0. The topological polar surface area (TPSA) is 68.9 Å². The van der Waals surface area contributed by atoms with Gasteiger partial charge >= 0.3 is 0 Å². The number of rotatable bonds is 5. The zero-order valence-corrected chi connectivity index (χ0v) is 17.6. The summed E-state index contributed by atoms with van der Waals surface area (Å²) in [6.07, 6.45) is 1.43. The lowest BCUT2D eigenvalue weighted by Gasteiger charge is -2.11. The predicted octanol–water partition coefficient (Wildman–Crippen LogP) is 5.02. The van der Waals surface area contributed by atoms with Crippen LogP contribution in [0, 0.1) is 12.1 Å². The number of nitrogens with one attached hydrogen (secondary N) is 1. The van der Waals surface area contributed by atoms with Crippen molar-refractivity contribution in [1.82, 2.24) is 4.98 Å². The van der Waals surface area contributed by atoms with Crippen LogP contribution in [0.3, 0.4) is 0 Å². The van der Waals surface area contributed by atoms with Gasteiger partial charge in [-0.05, 0) is 73.6 Å². The van der Waals surface area contributed by atoms with Crippen LogP contribution in [0.5, 0.6) is 0 Å². The Morgan fingerprint density at radius 3 is 2.72 bits per heavy atom. The van der Waals surface area contributed by atoms with E-state index in [2.05, 4.69) is 24.4 Å². The molecule has 29 heavy (non-hydrogen) atoms. The van der Waals surface area contributed by atoms with E-state index in [4.69, 9.17) is 4.98 Å². The molecular weight excluding hydrogens is 402 g/mol. The lowest BCUT2D eigenvalue weighted by atomic mass is 10.2. The second kappa shape index (κ2) is 8.23. The van der Waals surface area contributed by atoms with Crippen LogP contribution in [0.25, 0.3) is 20.8 Å². The largest absolute Gasteiger partial charge is 0.618 e. The SMILES string of the molecule is Cc1ccc2nc(-c3ccc(NC(=O)[C@H](C)Sc4cccc[n+]4[O-])cc3)sc2c1. The normalized spacial score (nSPS) is 12.1. The Bertz CT molecular complexity index is 1170. The zero-order valence-electron chi connectivity index (χ0n) is 16.0. The molecule has 1 N–H and O–H groups in total. The van der Waals surface area contributed by atoms with Gasteiger partial charge in [0.1, 0.15) is 5.01 Å². The maximum Gasteiger partial charge on any atom is 0.252 e. The average molecular weight is 422 g/mol. The summed E-state index contributed by atoms with van der Waals surface area (Å²) < 4.78 is 1.93. The van der Waals surface area contributed by atoms with Crippen molar-refractivity contribution < 1.29 is 9.52 Å². The molecule has 1 atom stereocenters. The molecule has 4 aromatic rings. The summed E-state index contributed by atoms with van der Waals surface area (Å²) in [6, 6.07) is 19.1. The van der Waals surface area contributed by atoms with Gasteiger partial charge in [0.2, 0.25) is 5.91 Å². The van der Waals surface area contributed by atoms with Crippen LogP contribution in [0.1, 0.15) is 12.5 Å². The standard InChI is InChI=1S/C22H19N3O2S2/c1-14-6-11-18-19(13-14)29-22(24-18)16-7-9-17(10-8-16)23-21(26)15(2)28-20-5-3-4-12-25(20)27/h3-13,15H,1-2H3,(H,23,26)/t15-/m0/s1. The van der Waals surface area contributed by atoms with Gasteiger partial charge in [0.15, 0.2) is 6.20 Å². The second-order valence-corrected chi connectivity index (χ2v) is 9.07. The summed E-state index contributed by atoms with van der Waals surface area (Å²) in [5.74, 6) is -0.151. The maximum absolute atomic E-state index is 12.5. The zero-order chi connectivity index (χ0) is 20.4. The van der Waals surface area contributed by atoms with Gasteiger partial charge in [-0.25, -0.2) is 4.98 Å². The van der Waals surface area contributed by atoms with E-state index in [0.717, 1.165) is 20.8 Å². The van der Waals surface area contributed by atoms with Gasteiger partial charge < -0.3 is 10.5 Å². The van der Waals surface area contributed by atoms with Crippen LogP contribution in [-0.4, -0.2) is 16.1 Å². The third-order valence-electron chi connectivity index (χ3n) is 4.40. The van der Waals surface area contributed by atoms with Crippen molar-refractivity contribution in [2.45, 2.75) is 24.1 Å². The van der Waals surface area contributed by atoms with Crippen LogP contribution in [0.2, 0.25) is 0 Å². The van der Waals surface area contributed by atoms with Crippen molar-refractivity contribution in [3.05, 3.63) is 77.6 Å². The Hall–Kier alpha value is -2.90. The lowest BCUT2D eigenvalue weighted by molar-refractivity contribution is -0.645. The number of carbonyl (C=O) groups is 1. The number of anilines is 1. The Labute approximate surface area is 177 Å². The average Bonchev–Trinajstić information content (AvgIpc) is 3.13. The van der Waals surface area contributed by atoms with Crippen molar-refractivity contribution in [1.29, 1.82) is 0 Å². The third kappa shape index (κ3) is 4.41. The van der Waals surface area contributed by atoms with Crippen LogP contribution in [-0.2, 0) is 4.79 Å². The number of hydrogen-bond acceptors (Lipinski definition) is 5. The number of aromatic nitrogens is 2. The molecule has 0 bridgehead atoms. The first-order valence-corrected chi connectivity index (χ1v) is 10.8. The molecule has 0 unspecified atom stereocenters.